The van der Waals surface area contributed by atoms with E-state index in [4.69, 9.17) is 4.98 Å². The van der Waals surface area contributed by atoms with Gasteiger partial charge in [0.2, 0.25) is 0 Å². The van der Waals surface area contributed by atoms with Gasteiger partial charge in [0.25, 0.3) is 5.91 Å². The van der Waals surface area contributed by atoms with Crippen LogP contribution in [0.3, 0.4) is 0 Å². The molecule has 32 heavy (non-hydrogen) atoms. The molecule has 1 aliphatic heterocycles. The van der Waals surface area contributed by atoms with Gasteiger partial charge in [-0.2, -0.15) is 5.26 Å². The molecule has 1 aromatic carbocycles. The molecule has 7 heteroatoms. The summed E-state index contributed by atoms with van der Waals surface area (Å²) >= 11 is 1.48. The lowest BCUT2D eigenvalue weighted by atomic mass is 9.67. The van der Waals surface area contributed by atoms with Crippen LogP contribution in [0.2, 0.25) is 0 Å². The van der Waals surface area contributed by atoms with E-state index in [0.717, 1.165) is 44.3 Å². The summed E-state index contributed by atoms with van der Waals surface area (Å²) in [7, 11) is 0. The Morgan fingerprint density at radius 1 is 1.22 bits per heavy atom. The minimum Gasteiger partial charge on any atom is -0.363 e. The van der Waals surface area contributed by atoms with E-state index in [-0.39, 0.29) is 17.4 Å². The van der Waals surface area contributed by atoms with E-state index in [1.165, 1.54) is 17.0 Å². The van der Waals surface area contributed by atoms with Gasteiger partial charge in [-0.3, -0.25) is 10.1 Å². The number of amides is 1. The monoisotopic (exact) mass is 445 g/mol. The normalized spacial score (nSPS) is 19.3. The Labute approximate surface area is 192 Å². The Bertz CT molecular complexity index is 1120. The average Bonchev–Trinajstić information content (AvgIpc) is 3.53. The fraction of sp³-hybridized carbons (Fsp3) is 0.400. The number of thiazole rings is 1. The van der Waals surface area contributed by atoms with Crippen LogP contribution in [0.25, 0.3) is 0 Å². The van der Waals surface area contributed by atoms with E-state index in [1.54, 1.807) is 0 Å². The van der Waals surface area contributed by atoms with Crippen LogP contribution in [0.1, 0.15) is 60.7 Å². The number of hydrogen-bond acceptors (Lipinski definition) is 5. The first-order valence-electron chi connectivity index (χ1n) is 11.3. The fourth-order valence-electron chi connectivity index (χ4n) is 5.02. The highest BCUT2D eigenvalue weighted by Crippen LogP contribution is 2.45. The molecule has 5 rings (SSSR count). The predicted molar refractivity (Wildman–Crippen MR) is 127 cm³/mol. The zero-order valence-electron chi connectivity index (χ0n) is 18.0. The Morgan fingerprint density at radius 2 is 2.06 bits per heavy atom. The number of hydrogen-bond donors (Lipinski definition) is 1. The summed E-state index contributed by atoms with van der Waals surface area (Å²) < 4.78 is 1.99. The van der Waals surface area contributed by atoms with Crippen molar-refractivity contribution >= 4 is 28.1 Å². The van der Waals surface area contributed by atoms with Gasteiger partial charge >= 0.3 is 0 Å². The van der Waals surface area contributed by atoms with E-state index in [0.29, 0.717) is 23.8 Å². The van der Waals surface area contributed by atoms with Crippen LogP contribution in [-0.4, -0.2) is 22.0 Å². The van der Waals surface area contributed by atoms with Crippen molar-refractivity contribution in [2.24, 2.45) is 5.41 Å². The molecule has 1 aliphatic carbocycles. The molecule has 2 fully saturated rings. The molecule has 1 atom stereocenters. The molecule has 0 bridgehead atoms. The maximum atomic E-state index is 13.0. The number of anilines is 2. The van der Waals surface area contributed by atoms with Gasteiger partial charge in [0, 0.05) is 42.2 Å². The molecule has 0 spiro atoms. The second kappa shape index (κ2) is 8.79. The van der Waals surface area contributed by atoms with Crippen LogP contribution >= 0.6 is 11.3 Å². The lowest BCUT2D eigenvalue weighted by Gasteiger charge is -2.40. The SMILES string of the molecule is N#CCC1(Cn2cccc2C(=O)Nc2nc(C3CCCN3c3ccccc3)cs2)CCC1. The van der Waals surface area contributed by atoms with E-state index < -0.39 is 0 Å². The topological polar surface area (TPSA) is 74.0 Å². The van der Waals surface area contributed by atoms with Crippen LogP contribution in [0.4, 0.5) is 10.8 Å². The number of aromatic nitrogens is 2. The molecule has 1 saturated heterocycles. The van der Waals surface area contributed by atoms with E-state index in [1.807, 2.05) is 29.0 Å². The molecule has 1 saturated carbocycles. The summed E-state index contributed by atoms with van der Waals surface area (Å²) in [6.45, 7) is 1.74. The summed E-state index contributed by atoms with van der Waals surface area (Å²) in [5.74, 6) is -0.145. The third kappa shape index (κ3) is 4.03. The number of nitrogens with zero attached hydrogens (tertiary/aromatic N) is 4. The van der Waals surface area contributed by atoms with Gasteiger partial charge in [0.1, 0.15) is 5.69 Å². The van der Waals surface area contributed by atoms with Crippen molar-refractivity contribution in [1.29, 1.82) is 5.26 Å². The van der Waals surface area contributed by atoms with E-state index in [2.05, 4.69) is 45.9 Å². The van der Waals surface area contributed by atoms with Crippen molar-refractivity contribution in [1.82, 2.24) is 9.55 Å². The number of rotatable bonds is 7. The summed E-state index contributed by atoms with van der Waals surface area (Å²) in [5.41, 5.74) is 2.87. The summed E-state index contributed by atoms with van der Waals surface area (Å²) in [6, 6.07) is 16.8. The van der Waals surface area contributed by atoms with Crippen LogP contribution in [0.15, 0.2) is 54.0 Å². The minimum atomic E-state index is -0.145. The molecule has 2 aliphatic rings. The highest BCUT2D eigenvalue weighted by Gasteiger charge is 2.37. The largest absolute Gasteiger partial charge is 0.363 e. The number of nitriles is 1. The molecular weight excluding hydrogens is 418 g/mol. The maximum absolute atomic E-state index is 13.0. The number of carbonyl (C=O) groups excluding carboxylic acids is 1. The first-order chi connectivity index (χ1) is 15.7. The average molecular weight is 446 g/mol. The quantitative estimate of drug-likeness (QED) is 0.512. The molecule has 1 unspecified atom stereocenters. The van der Waals surface area contributed by atoms with Crippen molar-refractivity contribution in [3.63, 3.8) is 0 Å². The molecule has 6 nitrogen and oxygen atoms in total. The van der Waals surface area contributed by atoms with Gasteiger partial charge < -0.3 is 9.47 Å². The van der Waals surface area contributed by atoms with Crippen molar-refractivity contribution in [2.45, 2.75) is 51.1 Å². The third-order valence-electron chi connectivity index (χ3n) is 6.86. The second-order valence-corrected chi connectivity index (χ2v) is 9.79. The molecule has 164 valence electrons. The lowest BCUT2D eigenvalue weighted by Crippen LogP contribution is -2.34. The van der Waals surface area contributed by atoms with Crippen LogP contribution in [-0.2, 0) is 6.54 Å². The van der Waals surface area contributed by atoms with Crippen molar-refractivity contribution in [2.75, 3.05) is 16.8 Å². The van der Waals surface area contributed by atoms with Gasteiger partial charge in [-0.25, -0.2) is 4.98 Å². The van der Waals surface area contributed by atoms with Crippen LogP contribution in [0, 0.1) is 16.7 Å². The van der Waals surface area contributed by atoms with Gasteiger partial charge in [-0.1, -0.05) is 24.6 Å². The Hall–Kier alpha value is -3.11. The highest BCUT2D eigenvalue weighted by atomic mass is 32.1. The minimum absolute atomic E-state index is 0.0144. The molecular formula is C25H27N5OS. The van der Waals surface area contributed by atoms with Crippen LogP contribution in [0.5, 0.6) is 0 Å². The molecule has 1 N–H and O–H groups in total. The Kier molecular flexibility index (Phi) is 5.71. The molecule has 3 heterocycles. The lowest BCUT2D eigenvalue weighted by molar-refractivity contribution is 0.0972. The summed E-state index contributed by atoms with van der Waals surface area (Å²) in [5, 5.41) is 14.9. The predicted octanol–water partition coefficient (Wildman–Crippen LogP) is 5.62. The van der Waals surface area contributed by atoms with Crippen molar-refractivity contribution in [3.8, 4) is 6.07 Å². The standard InChI is InChI=1S/C25H27N5OS/c26-14-13-25(11-6-12-25)18-29-15-4-10-22(29)23(31)28-24-27-20(17-32-24)21-9-5-16-30(21)19-7-2-1-3-8-19/h1-4,7-8,10,15,17,21H,5-6,9,11-13,16,18H2,(H,27,28,31). The zero-order chi connectivity index (χ0) is 22.0. The first kappa shape index (κ1) is 20.8. The van der Waals surface area contributed by atoms with Crippen molar-refractivity contribution in [3.05, 3.63) is 65.4 Å². The first-order valence-corrected chi connectivity index (χ1v) is 12.2. The fourth-order valence-corrected chi connectivity index (χ4v) is 5.77. The van der Waals surface area contributed by atoms with Gasteiger partial charge in [-0.05, 0) is 49.9 Å². The molecule has 1 amide bonds. The van der Waals surface area contributed by atoms with E-state index >= 15 is 0 Å². The molecule has 2 aromatic heterocycles. The molecule has 3 aromatic rings. The smallest absolute Gasteiger partial charge is 0.274 e. The number of benzene rings is 1. The van der Waals surface area contributed by atoms with Gasteiger partial charge in [-0.15, -0.1) is 11.3 Å². The highest BCUT2D eigenvalue weighted by molar-refractivity contribution is 7.14. The van der Waals surface area contributed by atoms with Gasteiger partial charge in [0.05, 0.1) is 17.8 Å². The zero-order valence-corrected chi connectivity index (χ0v) is 18.9. The second-order valence-electron chi connectivity index (χ2n) is 8.93. The Balaban J connectivity index is 1.28. The third-order valence-corrected chi connectivity index (χ3v) is 7.64. The number of para-hydroxylation sites is 1. The van der Waals surface area contributed by atoms with E-state index in [9.17, 15) is 10.1 Å². The maximum Gasteiger partial charge on any atom is 0.274 e. The van der Waals surface area contributed by atoms with Crippen LogP contribution < -0.4 is 10.2 Å². The van der Waals surface area contributed by atoms with Gasteiger partial charge in [0.15, 0.2) is 5.13 Å². The molecule has 0 radical (unpaired) electrons. The number of nitrogens with one attached hydrogen (secondary N) is 1. The Morgan fingerprint density at radius 3 is 2.81 bits per heavy atom. The summed E-state index contributed by atoms with van der Waals surface area (Å²) in [4.78, 5) is 20.2. The number of carbonyl (C=O) groups is 1. The van der Waals surface area contributed by atoms with Crippen molar-refractivity contribution < 1.29 is 4.79 Å². The summed E-state index contributed by atoms with van der Waals surface area (Å²) in [6.07, 6.45) is 7.95.